The highest BCUT2D eigenvalue weighted by molar-refractivity contribution is 5.16. The third-order valence-corrected chi connectivity index (χ3v) is 2.39. The number of aromatic amines is 1. The second-order valence-corrected chi connectivity index (χ2v) is 3.18. The number of aromatic nitrogens is 1. The maximum absolute atomic E-state index is 10.9. The minimum absolute atomic E-state index is 0.243. The molecule has 0 spiro atoms. The Bertz CT molecular complexity index is 326. The lowest BCUT2D eigenvalue weighted by Gasteiger charge is -2.17. The van der Waals surface area contributed by atoms with E-state index < -0.39 is 0 Å². The molecule has 4 heteroatoms. The highest BCUT2D eigenvalue weighted by atomic mass is 16.4. The van der Waals surface area contributed by atoms with Gasteiger partial charge in [0.25, 0.3) is 0 Å². The molecule has 1 aromatic heterocycles. The molecule has 0 fully saturated rings. The van der Waals surface area contributed by atoms with E-state index >= 15 is 0 Å². The molecule has 0 bridgehead atoms. The number of aryl methyl sites for hydroxylation is 1. The van der Waals surface area contributed by atoms with Gasteiger partial charge in [-0.25, -0.2) is 4.79 Å². The van der Waals surface area contributed by atoms with E-state index in [1.54, 1.807) is 0 Å². The second kappa shape index (κ2) is 2.79. The molecule has 1 unspecified atom stereocenters. The van der Waals surface area contributed by atoms with Gasteiger partial charge in [-0.1, -0.05) is 0 Å². The lowest BCUT2D eigenvalue weighted by atomic mass is 9.91. The summed E-state index contributed by atoms with van der Waals surface area (Å²) in [5.41, 5.74) is 6.50. The molecule has 0 saturated carbocycles. The quantitative estimate of drug-likeness (QED) is 0.635. The Morgan fingerprint density at radius 3 is 3.25 bits per heavy atom. The highest BCUT2D eigenvalue weighted by Gasteiger charge is 2.23. The van der Waals surface area contributed by atoms with Crippen LogP contribution in [0.4, 0.5) is 0 Å². The van der Waals surface area contributed by atoms with Crippen molar-refractivity contribution in [3.05, 3.63) is 22.0 Å². The normalized spacial score (nSPS) is 22.2. The summed E-state index contributed by atoms with van der Waals surface area (Å²) in [5.74, 6) is 0.682. The molecule has 1 aliphatic carbocycles. The van der Waals surface area contributed by atoms with Crippen molar-refractivity contribution in [2.24, 2.45) is 5.73 Å². The van der Waals surface area contributed by atoms with Gasteiger partial charge in [-0.3, -0.25) is 4.98 Å². The van der Waals surface area contributed by atoms with Crippen molar-refractivity contribution in [1.29, 1.82) is 0 Å². The number of fused-ring (bicyclic) bond motifs is 1. The van der Waals surface area contributed by atoms with Crippen LogP contribution in [-0.2, 0) is 6.42 Å². The van der Waals surface area contributed by atoms with Gasteiger partial charge in [-0.2, -0.15) is 0 Å². The minimum Gasteiger partial charge on any atom is -0.412 e. The molecule has 4 nitrogen and oxygen atoms in total. The van der Waals surface area contributed by atoms with Crippen LogP contribution in [0.25, 0.3) is 0 Å². The average molecular weight is 168 g/mol. The molecule has 1 aromatic rings. The average Bonchev–Trinajstić information content (AvgIpc) is 2.44. The Kier molecular flexibility index (Phi) is 1.77. The Labute approximate surface area is 69.8 Å². The van der Waals surface area contributed by atoms with Gasteiger partial charge in [0.15, 0.2) is 0 Å². The zero-order valence-electron chi connectivity index (χ0n) is 6.80. The molecule has 12 heavy (non-hydrogen) atoms. The Morgan fingerprint density at radius 2 is 2.50 bits per heavy atom. The van der Waals surface area contributed by atoms with Crippen molar-refractivity contribution >= 4 is 0 Å². The first-order valence-electron chi connectivity index (χ1n) is 4.23. The summed E-state index contributed by atoms with van der Waals surface area (Å²) >= 11 is 0. The third-order valence-electron chi connectivity index (χ3n) is 2.39. The molecule has 0 aliphatic heterocycles. The predicted molar refractivity (Wildman–Crippen MR) is 44.1 cm³/mol. The maximum atomic E-state index is 10.9. The van der Waals surface area contributed by atoms with Crippen molar-refractivity contribution in [2.75, 3.05) is 6.54 Å². The van der Waals surface area contributed by atoms with E-state index in [0.717, 1.165) is 30.7 Å². The van der Waals surface area contributed by atoms with Crippen LogP contribution in [0.2, 0.25) is 0 Å². The van der Waals surface area contributed by atoms with Crippen LogP contribution in [0.1, 0.15) is 30.2 Å². The number of nitrogens with two attached hydrogens (primary N) is 1. The molecular weight excluding hydrogens is 156 g/mol. The number of nitrogens with one attached hydrogen (secondary N) is 1. The van der Waals surface area contributed by atoms with E-state index in [4.69, 9.17) is 10.2 Å². The Balaban J connectivity index is 2.43. The van der Waals surface area contributed by atoms with Crippen molar-refractivity contribution < 1.29 is 4.42 Å². The molecule has 0 aromatic carbocycles. The van der Waals surface area contributed by atoms with E-state index in [-0.39, 0.29) is 11.7 Å². The standard InChI is InChI=1S/C8H12N2O2/c9-4-5-2-1-3-6-7(5)12-8(11)10-6/h5H,1-4,9H2,(H,10,11). The predicted octanol–water partition coefficient (Wildman–Crippen LogP) is 0.347. The van der Waals surface area contributed by atoms with Crippen LogP contribution < -0.4 is 11.5 Å². The number of H-pyrrole nitrogens is 1. The molecule has 1 heterocycles. The zero-order valence-corrected chi connectivity index (χ0v) is 6.80. The summed E-state index contributed by atoms with van der Waals surface area (Å²) in [5, 5.41) is 0. The molecule has 0 saturated heterocycles. The van der Waals surface area contributed by atoms with E-state index in [1.807, 2.05) is 0 Å². The zero-order chi connectivity index (χ0) is 8.55. The fourth-order valence-electron chi connectivity index (χ4n) is 1.77. The monoisotopic (exact) mass is 168 g/mol. The molecular formula is C8H12N2O2. The van der Waals surface area contributed by atoms with E-state index in [1.165, 1.54) is 0 Å². The first-order valence-corrected chi connectivity index (χ1v) is 4.23. The van der Waals surface area contributed by atoms with Crippen molar-refractivity contribution in [3.63, 3.8) is 0 Å². The van der Waals surface area contributed by atoms with Gasteiger partial charge in [0.1, 0.15) is 5.76 Å². The summed E-state index contributed by atoms with van der Waals surface area (Å²) < 4.78 is 5.02. The molecule has 3 N–H and O–H groups in total. The smallest absolute Gasteiger partial charge is 0.412 e. The summed E-state index contributed by atoms with van der Waals surface area (Å²) in [7, 11) is 0. The van der Waals surface area contributed by atoms with E-state index in [9.17, 15) is 4.79 Å². The van der Waals surface area contributed by atoms with Gasteiger partial charge in [0.05, 0.1) is 5.69 Å². The van der Waals surface area contributed by atoms with Crippen LogP contribution in [0.3, 0.4) is 0 Å². The fraction of sp³-hybridized carbons (Fsp3) is 0.625. The van der Waals surface area contributed by atoms with E-state index in [2.05, 4.69) is 4.98 Å². The second-order valence-electron chi connectivity index (χ2n) is 3.18. The molecule has 66 valence electrons. The lowest BCUT2D eigenvalue weighted by Crippen LogP contribution is -2.17. The molecule has 1 atom stereocenters. The minimum atomic E-state index is -0.347. The number of oxazole rings is 1. The van der Waals surface area contributed by atoms with Gasteiger partial charge in [-0.15, -0.1) is 0 Å². The molecule has 0 radical (unpaired) electrons. The maximum Gasteiger partial charge on any atom is 0.416 e. The Hall–Kier alpha value is -1.03. The van der Waals surface area contributed by atoms with Gasteiger partial charge in [0.2, 0.25) is 0 Å². The third kappa shape index (κ3) is 1.08. The van der Waals surface area contributed by atoms with Crippen LogP contribution in [0, 0.1) is 0 Å². The SMILES string of the molecule is NCC1CCCc2[nH]c(=O)oc21. The highest BCUT2D eigenvalue weighted by Crippen LogP contribution is 2.28. The summed E-state index contributed by atoms with van der Waals surface area (Å²) in [6.45, 7) is 0.563. The van der Waals surface area contributed by atoms with Crippen molar-refractivity contribution in [2.45, 2.75) is 25.2 Å². The number of hydrogen-bond donors (Lipinski definition) is 2. The molecule has 0 amide bonds. The molecule has 1 aliphatic rings. The first kappa shape index (κ1) is 7.61. The molecule has 2 rings (SSSR count). The topological polar surface area (TPSA) is 72.0 Å². The van der Waals surface area contributed by atoms with Gasteiger partial charge in [-0.05, 0) is 19.3 Å². The summed E-state index contributed by atoms with van der Waals surface area (Å²) in [4.78, 5) is 13.5. The van der Waals surface area contributed by atoms with Crippen LogP contribution in [-0.4, -0.2) is 11.5 Å². The van der Waals surface area contributed by atoms with Gasteiger partial charge in [0, 0.05) is 12.5 Å². The largest absolute Gasteiger partial charge is 0.416 e. The van der Waals surface area contributed by atoms with Crippen LogP contribution >= 0.6 is 0 Å². The van der Waals surface area contributed by atoms with Crippen molar-refractivity contribution in [3.8, 4) is 0 Å². The lowest BCUT2D eigenvalue weighted by molar-refractivity contribution is 0.402. The van der Waals surface area contributed by atoms with Crippen molar-refractivity contribution in [1.82, 2.24) is 4.98 Å². The number of hydrogen-bond acceptors (Lipinski definition) is 3. The van der Waals surface area contributed by atoms with Gasteiger partial charge < -0.3 is 10.2 Å². The summed E-state index contributed by atoms with van der Waals surface area (Å²) in [6, 6.07) is 0. The first-order chi connectivity index (χ1) is 5.81. The Morgan fingerprint density at radius 1 is 1.67 bits per heavy atom. The number of rotatable bonds is 1. The van der Waals surface area contributed by atoms with Crippen LogP contribution in [0.5, 0.6) is 0 Å². The van der Waals surface area contributed by atoms with Gasteiger partial charge >= 0.3 is 5.76 Å². The van der Waals surface area contributed by atoms with E-state index in [0.29, 0.717) is 6.54 Å². The summed E-state index contributed by atoms with van der Waals surface area (Å²) in [6.07, 6.45) is 3.03. The fourth-order valence-corrected chi connectivity index (χ4v) is 1.77. The van der Waals surface area contributed by atoms with Crippen LogP contribution in [0.15, 0.2) is 9.21 Å².